The van der Waals surface area contributed by atoms with Gasteiger partial charge in [0.2, 0.25) is 0 Å². The molecule has 1 unspecified atom stereocenters. The lowest BCUT2D eigenvalue weighted by molar-refractivity contribution is -0.140. The Morgan fingerprint density at radius 2 is 1.77 bits per heavy atom. The molecule has 9 heteroatoms. The Morgan fingerprint density at radius 3 is 2.43 bits per heavy atom. The van der Waals surface area contributed by atoms with Crippen LogP contribution >= 0.6 is 15.9 Å². The van der Waals surface area contributed by atoms with E-state index in [-0.39, 0.29) is 53.2 Å². The number of allylic oxidation sites excluding steroid dienone is 2. The van der Waals surface area contributed by atoms with Crippen LogP contribution in [0.5, 0.6) is 5.75 Å². The third-order valence-corrected chi connectivity index (χ3v) is 15.0. The van der Waals surface area contributed by atoms with Crippen LogP contribution in [0, 0.1) is 17.7 Å². The summed E-state index contributed by atoms with van der Waals surface area (Å²) in [6, 6.07) is 14.6. The first kappa shape index (κ1) is 39.1. The van der Waals surface area contributed by atoms with Crippen molar-refractivity contribution in [3.63, 3.8) is 0 Å². The molecule has 2 aromatic carbocycles. The van der Waals surface area contributed by atoms with Crippen LogP contribution in [0.4, 0.5) is 4.39 Å². The van der Waals surface area contributed by atoms with E-state index in [0.717, 1.165) is 35.7 Å². The number of para-hydroxylation sites is 1. The summed E-state index contributed by atoms with van der Waals surface area (Å²) in [4.78, 5) is 11.6. The third kappa shape index (κ3) is 11.7. The van der Waals surface area contributed by atoms with Gasteiger partial charge in [0.05, 0.1) is 31.5 Å². The van der Waals surface area contributed by atoms with Crippen molar-refractivity contribution in [1.82, 2.24) is 5.32 Å². The number of methoxy groups -OCH3 is 1. The molecule has 0 aromatic heterocycles. The predicted octanol–water partition coefficient (Wildman–Crippen LogP) is 9.40. The van der Waals surface area contributed by atoms with Crippen molar-refractivity contribution < 1.29 is 27.8 Å². The topological polar surface area (TPSA) is 66.0 Å². The number of benzene rings is 2. The highest BCUT2D eigenvalue weighted by molar-refractivity contribution is 9.10. The maximum Gasteiger partial charge on any atom is 0.305 e. The molecule has 47 heavy (non-hydrogen) atoms. The lowest BCUT2D eigenvalue weighted by atomic mass is 9.88. The van der Waals surface area contributed by atoms with Gasteiger partial charge >= 0.3 is 5.97 Å². The van der Waals surface area contributed by atoms with Crippen LogP contribution in [0.1, 0.15) is 65.4 Å². The Kier molecular flexibility index (Phi) is 14.9. The SMILES string of the molecule is CNC(C)(C=C[C@@H]1[C@@H](CC=CCCCC(=O)OC)[C@@H](O[Si](C)(C)C(C)(C)C)C[C@H]1OCc1ccccc1Br)COc1ccccc1F. The summed E-state index contributed by atoms with van der Waals surface area (Å²) < 4.78 is 40.0. The van der Waals surface area contributed by atoms with Gasteiger partial charge in [-0.1, -0.05) is 91.3 Å². The monoisotopic (exact) mass is 731 g/mol. The van der Waals surface area contributed by atoms with Crippen LogP contribution in [0.2, 0.25) is 18.1 Å². The molecule has 0 heterocycles. The molecule has 0 amide bonds. The molecule has 0 bridgehead atoms. The molecule has 0 saturated heterocycles. The van der Waals surface area contributed by atoms with E-state index in [1.54, 1.807) is 18.2 Å². The first-order valence-electron chi connectivity index (χ1n) is 16.7. The van der Waals surface area contributed by atoms with E-state index in [1.165, 1.54) is 13.2 Å². The van der Waals surface area contributed by atoms with Gasteiger partial charge in [-0.3, -0.25) is 4.79 Å². The number of hydrogen-bond acceptors (Lipinski definition) is 6. The Labute approximate surface area is 291 Å². The fourth-order valence-corrected chi connectivity index (χ4v) is 7.28. The molecule has 1 saturated carbocycles. The summed E-state index contributed by atoms with van der Waals surface area (Å²) in [5.74, 6) is -0.0896. The lowest BCUT2D eigenvalue weighted by Gasteiger charge is -2.40. The maximum atomic E-state index is 14.3. The van der Waals surface area contributed by atoms with E-state index in [1.807, 2.05) is 25.2 Å². The number of halogens is 2. The van der Waals surface area contributed by atoms with Crippen LogP contribution in [0.25, 0.3) is 0 Å². The molecule has 5 atom stereocenters. The Hall–Kier alpha value is -2.30. The van der Waals surface area contributed by atoms with Gasteiger partial charge in [-0.15, -0.1) is 0 Å². The first-order chi connectivity index (χ1) is 22.2. The second-order valence-corrected chi connectivity index (χ2v) is 19.9. The van der Waals surface area contributed by atoms with E-state index in [9.17, 15) is 9.18 Å². The average Bonchev–Trinajstić information content (AvgIpc) is 3.34. The van der Waals surface area contributed by atoms with Crippen LogP contribution in [-0.4, -0.2) is 52.8 Å². The fourth-order valence-electron chi connectivity index (χ4n) is 5.50. The molecule has 3 rings (SSSR count). The molecule has 1 fully saturated rings. The molecule has 0 aliphatic heterocycles. The summed E-state index contributed by atoms with van der Waals surface area (Å²) in [6.07, 6.45) is 12.3. The van der Waals surface area contributed by atoms with Crippen LogP contribution in [0.15, 0.2) is 77.3 Å². The van der Waals surface area contributed by atoms with Crippen LogP contribution < -0.4 is 10.1 Å². The Balaban J connectivity index is 1.91. The number of rotatable bonds is 17. The highest BCUT2D eigenvalue weighted by Gasteiger charge is 2.48. The molecular weight excluding hydrogens is 677 g/mol. The fraction of sp³-hybridized carbons (Fsp3) is 0.553. The maximum absolute atomic E-state index is 14.3. The van der Waals surface area contributed by atoms with Gasteiger partial charge in [-0.05, 0) is 87.5 Å². The standard InChI is InChI=1S/C38H55BrFNO5Si/c1-37(2,3)47(7,8)46-35-25-34(44-26-28-17-13-14-19-31(28)39)30(29(35)18-11-9-10-12-22-36(42)43-6)23-24-38(4,41-5)27-45-33-21-16-15-20-32(33)40/h9,11,13-17,19-21,23-24,29-30,34-35,41H,10,12,18,22,25-27H2,1-8H3/t29-,30-,34-,35+,38?/m1/s1. The molecule has 0 spiro atoms. The minimum Gasteiger partial charge on any atom is -0.488 e. The van der Waals surface area contributed by atoms with E-state index < -0.39 is 13.9 Å². The first-order valence-corrected chi connectivity index (χ1v) is 20.4. The number of nitrogens with one attached hydrogen (secondary N) is 1. The number of carbonyl (C=O) groups is 1. The second-order valence-electron chi connectivity index (χ2n) is 14.3. The van der Waals surface area contributed by atoms with Gasteiger partial charge in [0, 0.05) is 16.8 Å². The van der Waals surface area contributed by atoms with Gasteiger partial charge < -0.3 is 24.0 Å². The molecule has 1 aliphatic carbocycles. The van der Waals surface area contributed by atoms with Crippen LogP contribution in [0.3, 0.4) is 0 Å². The number of hydrogen-bond donors (Lipinski definition) is 1. The predicted molar refractivity (Wildman–Crippen MR) is 195 cm³/mol. The normalized spacial score (nSPS) is 21.7. The second kappa shape index (κ2) is 17.9. The van der Waals surface area contributed by atoms with Crippen molar-refractivity contribution in [2.24, 2.45) is 11.8 Å². The number of unbranched alkanes of at least 4 members (excludes halogenated alkanes) is 1. The smallest absolute Gasteiger partial charge is 0.305 e. The van der Waals surface area contributed by atoms with Crippen molar-refractivity contribution in [3.8, 4) is 5.75 Å². The molecule has 1 aliphatic rings. The highest BCUT2D eigenvalue weighted by Crippen LogP contribution is 2.45. The molecule has 2 aromatic rings. The number of ether oxygens (including phenoxy) is 3. The van der Waals surface area contributed by atoms with Crippen molar-refractivity contribution in [2.45, 2.75) is 102 Å². The highest BCUT2D eigenvalue weighted by atomic mass is 79.9. The quantitative estimate of drug-likeness (QED) is 0.0757. The number of carbonyl (C=O) groups excluding carboxylic acids is 1. The molecule has 1 N–H and O–H groups in total. The van der Waals surface area contributed by atoms with Gasteiger partial charge in [0.1, 0.15) is 6.61 Å². The van der Waals surface area contributed by atoms with Gasteiger partial charge in [0.25, 0.3) is 0 Å². The number of likely N-dealkylation sites (N-methyl/N-ethyl adjacent to an activating group) is 1. The summed E-state index contributed by atoms with van der Waals surface area (Å²) >= 11 is 3.68. The van der Waals surface area contributed by atoms with Crippen LogP contribution in [-0.2, 0) is 25.3 Å². The lowest BCUT2D eigenvalue weighted by Crippen LogP contribution is -2.45. The van der Waals surface area contributed by atoms with Crippen molar-refractivity contribution in [1.29, 1.82) is 0 Å². The van der Waals surface area contributed by atoms with E-state index in [2.05, 4.69) is 92.4 Å². The Bertz CT molecular complexity index is 1350. The summed E-state index contributed by atoms with van der Waals surface area (Å²) in [6.45, 7) is 14.2. The van der Waals surface area contributed by atoms with E-state index in [0.29, 0.717) is 13.0 Å². The van der Waals surface area contributed by atoms with Gasteiger partial charge in [-0.2, -0.15) is 0 Å². The minimum atomic E-state index is -2.10. The van der Waals surface area contributed by atoms with Crippen molar-refractivity contribution in [2.75, 3.05) is 20.8 Å². The molecular formula is C38H55BrFNO5Si. The van der Waals surface area contributed by atoms with E-state index >= 15 is 0 Å². The largest absolute Gasteiger partial charge is 0.488 e. The summed E-state index contributed by atoms with van der Waals surface area (Å²) in [7, 11) is 1.22. The van der Waals surface area contributed by atoms with Crippen molar-refractivity contribution in [3.05, 3.63) is 88.7 Å². The summed E-state index contributed by atoms with van der Waals surface area (Å²) in [5, 5.41) is 3.44. The van der Waals surface area contributed by atoms with E-state index in [4.69, 9.17) is 18.6 Å². The summed E-state index contributed by atoms with van der Waals surface area (Å²) in [5.41, 5.74) is 0.548. The minimum absolute atomic E-state index is 0.0185. The van der Waals surface area contributed by atoms with Crippen molar-refractivity contribution >= 4 is 30.2 Å². The zero-order chi connectivity index (χ0) is 34.7. The zero-order valence-corrected chi connectivity index (χ0v) is 32.1. The molecule has 260 valence electrons. The molecule has 6 nitrogen and oxygen atoms in total. The van der Waals surface area contributed by atoms with Gasteiger partial charge in [0.15, 0.2) is 19.9 Å². The molecule has 0 radical (unpaired) electrons. The average molecular weight is 733 g/mol. The zero-order valence-electron chi connectivity index (χ0n) is 29.5. The Morgan fingerprint density at radius 1 is 1.06 bits per heavy atom. The third-order valence-electron chi connectivity index (χ3n) is 9.70. The van der Waals surface area contributed by atoms with Gasteiger partial charge in [-0.25, -0.2) is 4.39 Å². The number of esters is 1.